The van der Waals surface area contributed by atoms with Crippen LogP contribution < -0.4 is 0 Å². The van der Waals surface area contributed by atoms with Gasteiger partial charge in [-0.2, -0.15) is 0 Å². The number of aryl methyl sites for hydroxylation is 1. The normalized spacial score (nSPS) is 10.5. The van der Waals surface area contributed by atoms with Crippen LogP contribution in [0.1, 0.15) is 11.3 Å². The third-order valence-corrected chi connectivity index (χ3v) is 2.38. The molecule has 1 N–H and O–H groups in total. The number of furan rings is 1. The largest absolute Gasteiger partial charge is 0.478 e. The Kier molecular flexibility index (Phi) is 2.08. The Balaban J connectivity index is 2.68. The van der Waals surface area contributed by atoms with E-state index in [4.69, 9.17) is 9.52 Å². The van der Waals surface area contributed by atoms with E-state index in [0.29, 0.717) is 11.3 Å². The smallest absolute Gasteiger partial charge is 0.338 e. The molecular formula is C12H10O3. The maximum Gasteiger partial charge on any atom is 0.338 e. The summed E-state index contributed by atoms with van der Waals surface area (Å²) in [7, 11) is 0. The van der Waals surface area contributed by atoms with Gasteiger partial charge in [-0.1, -0.05) is 24.8 Å². The number of aliphatic carboxylic acids is 1. The van der Waals surface area contributed by atoms with E-state index in [2.05, 4.69) is 6.58 Å². The fourth-order valence-corrected chi connectivity index (χ4v) is 1.56. The second-order valence-corrected chi connectivity index (χ2v) is 3.34. The van der Waals surface area contributed by atoms with Crippen molar-refractivity contribution in [2.45, 2.75) is 6.92 Å². The number of rotatable bonds is 2. The van der Waals surface area contributed by atoms with E-state index < -0.39 is 5.97 Å². The Morgan fingerprint density at radius 2 is 2.07 bits per heavy atom. The van der Waals surface area contributed by atoms with Gasteiger partial charge in [-0.3, -0.25) is 0 Å². The molecule has 0 amide bonds. The second kappa shape index (κ2) is 3.28. The minimum Gasteiger partial charge on any atom is -0.478 e. The molecule has 1 heterocycles. The topological polar surface area (TPSA) is 50.4 Å². The number of benzene rings is 1. The lowest BCUT2D eigenvalue weighted by atomic mass is 10.1. The average molecular weight is 202 g/mol. The number of para-hydroxylation sites is 1. The van der Waals surface area contributed by atoms with Crippen molar-refractivity contribution in [1.29, 1.82) is 0 Å². The number of hydrogen-bond donors (Lipinski definition) is 1. The van der Waals surface area contributed by atoms with Crippen molar-refractivity contribution in [1.82, 2.24) is 0 Å². The first kappa shape index (κ1) is 9.52. The van der Waals surface area contributed by atoms with Crippen LogP contribution in [-0.4, -0.2) is 11.1 Å². The molecule has 0 aliphatic heterocycles. The van der Waals surface area contributed by atoms with Crippen molar-refractivity contribution in [3.8, 4) is 0 Å². The minimum absolute atomic E-state index is 0.0105. The van der Waals surface area contributed by atoms with Crippen LogP contribution in [0, 0.1) is 6.92 Å². The summed E-state index contributed by atoms with van der Waals surface area (Å²) in [4.78, 5) is 10.8. The Morgan fingerprint density at radius 1 is 1.40 bits per heavy atom. The lowest BCUT2D eigenvalue weighted by Gasteiger charge is -1.95. The Bertz CT molecular complexity index is 549. The highest BCUT2D eigenvalue weighted by Crippen LogP contribution is 2.29. The van der Waals surface area contributed by atoms with Crippen molar-refractivity contribution < 1.29 is 14.3 Å². The summed E-state index contributed by atoms with van der Waals surface area (Å²) in [6.07, 6.45) is 0. The molecule has 3 nitrogen and oxygen atoms in total. The first-order valence-electron chi connectivity index (χ1n) is 4.52. The zero-order valence-electron chi connectivity index (χ0n) is 8.28. The summed E-state index contributed by atoms with van der Waals surface area (Å²) >= 11 is 0. The lowest BCUT2D eigenvalue weighted by molar-refractivity contribution is -0.130. The second-order valence-electron chi connectivity index (χ2n) is 3.34. The summed E-state index contributed by atoms with van der Waals surface area (Å²) < 4.78 is 5.44. The molecule has 2 rings (SSSR count). The average Bonchev–Trinajstić information content (AvgIpc) is 2.56. The number of fused-ring (bicyclic) bond motifs is 1. The third kappa shape index (κ3) is 1.42. The van der Waals surface area contributed by atoms with Gasteiger partial charge in [0.05, 0.1) is 5.57 Å². The van der Waals surface area contributed by atoms with Crippen LogP contribution >= 0.6 is 0 Å². The van der Waals surface area contributed by atoms with Gasteiger partial charge in [0.2, 0.25) is 0 Å². The zero-order chi connectivity index (χ0) is 11.0. The highest BCUT2D eigenvalue weighted by atomic mass is 16.4. The maximum atomic E-state index is 10.8. The van der Waals surface area contributed by atoms with Crippen molar-refractivity contribution in [3.63, 3.8) is 0 Å². The first-order valence-corrected chi connectivity index (χ1v) is 4.52. The predicted molar refractivity (Wildman–Crippen MR) is 57.6 cm³/mol. The number of carbonyl (C=O) groups is 1. The molecule has 15 heavy (non-hydrogen) atoms. The molecular weight excluding hydrogens is 192 g/mol. The molecule has 0 atom stereocenters. The molecule has 1 aromatic heterocycles. The highest BCUT2D eigenvalue weighted by molar-refractivity contribution is 6.15. The Labute approximate surface area is 86.6 Å². The molecule has 0 aliphatic rings. The summed E-state index contributed by atoms with van der Waals surface area (Å²) in [6, 6.07) is 7.44. The molecule has 0 radical (unpaired) electrons. The molecule has 76 valence electrons. The first-order chi connectivity index (χ1) is 7.11. The lowest BCUT2D eigenvalue weighted by Crippen LogP contribution is -1.97. The molecule has 0 unspecified atom stereocenters. The van der Waals surface area contributed by atoms with E-state index >= 15 is 0 Å². The van der Waals surface area contributed by atoms with E-state index in [9.17, 15) is 4.79 Å². The molecule has 0 saturated heterocycles. The van der Waals surface area contributed by atoms with Crippen LogP contribution in [0.3, 0.4) is 0 Å². The van der Waals surface area contributed by atoms with Crippen LogP contribution in [0.25, 0.3) is 16.5 Å². The van der Waals surface area contributed by atoms with Gasteiger partial charge in [0, 0.05) is 10.9 Å². The van der Waals surface area contributed by atoms with Gasteiger partial charge in [-0.05, 0) is 13.0 Å². The predicted octanol–water partition coefficient (Wildman–Crippen LogP) is 2.84. The molecule has 0 spiro atoms. The van der Waals surface area contributed by atoms with Gasteiger partial charge in [0.15, 0.2) is 0 Å². The third-order valence-electron chi connectivity index (χ3n) is 2.38. The minimum atomic E-state index is -1.06. The molecule has 0 fully saturated rings. The van der Waals surface area contributed by atoms with Crippen molar-refractivity contribution in [2.75, 3.05) is 0 Å². The molecule has 1 aromatic carbocycles. The summed E-state index contributed by atoms with van der Waals surface area (Å²) in [5.74, 6) is -0.708. The van der Waals surface area contributed by atoms with Gasteiger partial charge in [0.1, 0.15) is 11.3 Å². The summed E-state index contributed by atoms with van der Waals surface area (Å²) in [5.41, 5.74) is 1.49. The molecule has 0 aliphatic carbocycles. The fraction of sp³-hybridized carbons (Fsp3) is 0.0833. The van der Waals surface area contributed by atoms with E-state index in [-0.39, 0.29) is 5.57 Å². The van der Waals surface area contributed by atoms with Crippen LogP contribution in [0.15, 0.2) is 35.3 Å². The molecule has 0 saturated carbocycles. The van der Waals surface area contributed by atoms with Crippen LogP contribution in [0.4, 0.5) is 0 Å². The number of carboxylic acid groups (broad SMARTS) is 1. The van der Waals surface area contributed by atoms with Gasteiger partial charge in [-0.25, -0.2) is 4.79 Å². The van der Waals surface area contributed by atoms with E-state index in [1.807, 2.05) is 25.1 Å². The van der Waals surface area contributed by atoms with Gasteiger partial charge < -0.3 is 9.52 Å². The van der Waals surface area contributed by atoms with Crippen molar-refractivity contribution in [3.05, 3.63) is 42.2 Å². The van der Waals surface area contributed by atoms with E-state index in [1.54, 1.807) is 6.07 Å². The summed E-state index contributed by atoms with van der Waals surface area (Å²) in [6.45, 7) is 5.32. The molecule has 0 bridgehead atoms. The zero-order valence-corrected chi connectivity index (χ0v) is 8.28. The molecule has 3 heteroatoms. The quantitative estimate of drug-likeness (QED) is 0.762. The van der Waals surface area contributed by atoms with Crippen LogP contribution in [0.5, 0.6) is 0 Å². The number of carboxylic acids is 1. The van der Waals surface area contributed by atoms with Crippen molar-refractivity contribution in [2.24, 2.45) is 0 Å². The van der Waals surface area contributed by atoms with E-state index in [0.717, 1.165) is 10.9 Å². The van der Waals surface area contributed by atoms with Crippen LogP contribution in [0.2, 0.25) is 0 Å². The Hall–Kier alpha value is -2.03. The number of hydrogen-bond acceptors (Lipinski definition) is 2. The highest BCUT2D eigenvalue weighted by Gasteiger charge is 2.16. The maximum absolute atomic E-state index is 10.8. The molecule has 2 aromatic rings. The van der Waals surface area contributed by atoms with E-state index in [1.165, 1.54) is 0 Å². The standard InChI is InChI=1S/C12H10O3/c1-7-9-5-3-4-6-10(9)15-11(7)8(2)12(13)14/h3-6H,2H2,1H3,(H,13,14). The summed E-state index contributed by atoms with van der Waals surface area (Å²) in [5, 5.41) is 9.75. The fourth-order valence-electron chi connectivity index (χ4n) is 1.56. The van der Waals surface area contributed by atoms with Crippen molar-refractivity contribution >= 4 is 22.5 Å². The van der Waals surface area contributed by atoms with Gasteiger partial charge >= 0.3 is 5.97 Å². The Morgan fingerprint density at radius 3 is 2.67 bits per heavy atom. The SMILES string of the molecule is C=C(C(=O)O)c1oc2ccccc2c1C. The van der Waals surface area contributed by atoms with Crippen LogP contribution in [-0.2, 0) is 4.79 Å². The monoisotopic (exact) mass is 202 g/mol. The van der Waals surface area contributed by atoms with Gasteiger partial charge in [-0.15, -0.1) is 0 Å². The van der Waals surface area contributed by atoms with Gasteiger partial charge in [0.25, 0.3) is 0 Å².